The van der Waals surface area contributed by atoms with Crippen LogP contribution in [0.15, 0.2) is 11.1 Å². The highest BCUT2D eigenvalue weighted by molar-refractivity contribution is 7.66. The molecule has 0 bridgehead atoms. The maximum Gasteiger partial charge on any atom is 0.490 e. The van der Waals surface area contributed by atoms with E-state index in [0.29, 0.717) is 12.8 Å². The first-order valence-electron chi connectivity index (χ1n) is 7.91. The van der Waals surface area contributed by atoms with Crippen LogP contribution in [-0.4, -0.2) is 51.8 Å². The monoisotopic (exact) mass is 491 g/mol. The van der Waals surface area contributed by atoms with Crippen LogP contribution in [0, 0.1) is 0 Å². The molecule has 1 fully saturated rings. The summed E-state index contributed by atoms with van der Waals surface area (Å²) in [7, 11) is -16.3. The van der Waals surface area contributed by atoms with Crippen LogP contribution in [0.3, 0.4) is 0 Å². The zero-order valence-electron chi connectivity index (χ0n) is 14.7. The van der Waals surface area contributed by atoms with Crippen LogP contribution in [0.5, 0.6) is 0 Å². The molecule has 3 heterocycles. The van der Waals surface area contributed by atoms with Crippen molar-refractivity contribution in [3.63, 3.8) is 0 Å². The Balaban J connectivity index is 1.62. The van der Waals surface area contributed by atoms with E-state index in [-0.39, 0.29) is 17.0 Å². The molecule has 20 heteroatoms. The second-order valence-electron chi connectivity index (χ2n) is 5.96. The second kappa shape index (κ2) is 8.22. The lowest BCUT2D eigenvalue weighted by atomic mass is 10.2. The average molecular weight is 491 g/mol. The molecule has 0 radical (unpaired) electrons. The van der Waals surface area contributed by atoms with Gasteiger partial charge in [-0.15, -0.1) is 0 Å². The summed E-state index contributed by atoms with van der Waals surface area (Å²) in [6, 6.07) is 0. The molecule has 0 aliphatic carbocycles. The SMILES string of the molecule is Nc1[nH]c(=O)nc2c1ncn2[C@H]1CC[C@@H](COP(=O)(O)OP(=O)(O)OP(=O)(O)O)O1. The van der Waals surface area contributed by atoms with E-state index in [1.54, 1.807) is 0 Å². The van der Waals surface area contributed by atoms with Gasteiger partial charge in [0.05, 0.1) is 19.0 Å². The molecule has 4 atom stereocenters. The molecule has 2 aromatic heterocycles. The quantitative estimate of drug-likeness (QED) is 0.260. The highest BCUT2D eigenvalue weighted by Crippen LogP contribution is 2.66. The minimum absolute atomic E-state index is 0.0194. The van der Waals surface area contributed by atoms with Crippen LogP contribution in [0.4, 0.5) is 5.82 Å². The first kappa shape index (κ1) is 23.2. The molecule has 3 rings (SSSR count). The summed E-state index contributed by atoms with van der Waals surface area (Å²) in [6.07, 6.45) is 0.564. The number of hydrogen-bond donors (Lipinski definition) is 6. The van der Waals surface area contributed by atoms with Crippen LogP contribution in [-0.2, 0) is 31.6 Å². The lowest BCUT2D eigenvalue weighted by Gasteiger charge is -2.18. The van der Waals surface area contributed by atoms with Gasteiger partial charge in [-0.3, -0.25) is 14.1 Å². The van der Waals surface area contributed by atoms with Gasteiger partial charge in [-0.1, -0.05) is 0 Å². The van der Waals surface area contributed by atoms with Gasteiger partial charge in [-0.05, 0) is 12.8 Å². The topological polar surface area (TPSA) is 259 Å². The summed E-state index contributed by atoms with van der Waals surface area (Å²) in [5.41, 5.74) is 5.39. The first-order chi connectivity index (χ1) is 13.7. The summed E-state index contributed by atoms with van der Waals surface area (Å²) < 4.78 is 52.5. The normalized spacial score (nSPS) is 24.0. The molecule has 1 aliphatic heterocycles. The van der Waals surface area contributed by atoms with Crippen molar-refractivity contribution >= 4 is 40.4 Å². The third-order valence-electron chi connectivity index (χ3n) is 3.71. The van der Waals surface area contributed by atoms with Crippen molar-refractivity contribution in [1.29, 1.82) is 0 Å². The number of aromatic nitrogens is 4. The predicted octanol–water partition coefficient (Wildman–Crippen LogP) is -0.277. The Labute approximate surface area is 166 Å². The number of phosphoric ester groups is 1. The lowest BCUT2D eigenvalue weighted by molar-refractivity contribution is -0.0205. The van der Waals surface area contributed by atoms with Crippen LogP contribution in [0.2, 0.25) is 0 Å². The molecule has 7 N–H and O–H groups in total. The van der Waals surface area contributed by atoms with Gasteiger partial charge in [0.15, 0.2) is 5.65 Å². The molecule has 0 aromatic carbocycles. The van der Waals surface area contributed by atoms with Gasteiger partial charge < -0.3 is 30.0 Å². The highest BCUT2D eigenvalue weighted by Gasteiger charge is 2.41. The Kier molecular flexibility index (Phi) is 6.35. The second-order valence-corrected chi connectivity index (χ2v) is 10.4. The molecule has 30 heavy (non-hydrogen) atoms. The molecule has 17 nitrogen and oxygen atoms in total. The molecular formula is C10H16N5O12P3. The largest absolute Gasteiger partial charge is 0.490 e. The van der Waals surface area contributed by atoms with Crippen molar-refractivity contribution in [3.05, 3.63) is 16.8 Å². The fraction of sp³-hybridized carbons (Fsp3) is 0.500. The molecular weight excluding hydrogens is 475 g/mol. The van der Waals surface area contributed by atoms with E-state index < -0.39 is 48.1 Å². The van der Waals surface area contributed by atoms with Gasteiger partial charge in [0.2, 0.25) is 0 Å². The first-order valence-corrected chi connectivity index (χ1v) is 12.4. The van der Waals surface area contributed by atoms with Gasteiger partial charge in [0.1, 0.15) is 17.6 Å². The summed E-state index contributed by atoms with van der Waals surface area (Å²) >= 11 is 0. The highest BCUT2D eigenvalue weighted by atomic mass is 31.3. The Bertz CT molecular complexity index is 1140. The summed E-state index contributed by atoms with van der Waals surface area (Å²) in [5, 5.41) is 0. The number of nitrogen functional groups attached to an aromatic ring is 1. The Morgan fingerprint density at radius 1 is 1.20 bits per heavy atom. The number of H-pyrrole nitrogens is 1. The molecule has 168 valence electrons. The fourth-order valence-corrected chi connectivity index (χ4v) is 5.71. The number of ether oxygens (including phenoxy) is 1. The third-order valence-corrected chi connectivity index (χ3v) is 7.51. The maximum atomic E-state index is 11.7. The standard InChI is InChI=1S/C10H16N5O12P3/c11-8-7-9(14-10(16)13-8)15(4-12-7)6-2-1-5(25-6)3-24-29(20,21)27-30(22,23)26-28(17,18)19/h4-6H,1-3H2,(H,20,21)(H,22,23)(H2,17,18,19)(H3,11,13,14,16)/t5-,6+/m0/s1. The molecule has 2 unspecified atom stereocenters. The molecule has 1 saturated heterocycles. The van der Waals surface area contributed by atoms with Crippen molar-refractivity contribution in [3.8, 4) is 0 Å². The Morgan fingerprint density at radius 3 is 2.57 bits per heavy atom. The van der Waals surface area contributed by atoms with Crippen LogP contribution < -0.4 is 11.4 Å². The van der Waals surface area contributed by atoms with Gasteiger partial charge in [-0.25, -0.2) is 23.5 Å². The number of phosphoric acid groups is 3. The molecule has 0 spiro atoms. The van der Waals surface area contributed by atoms with E-state index in [1.807, 2.05) is 0 Å². The number of nitrogens with one attached hydrogen (secondary N) is 1. The van der Waals surface area contributed by atoms with Crippen molar-refractivity contribution in [2.24, 2.45) is 0 Å². The number of rotatable bonds is 8. The summed E-state index contributed by atoms with van der Waals surface area (Å²) in [5.74, 6) is 0.0194. The van der Waals surface area contributed by atoms with Crippen LogP contribution >= 0.6 is 23.5 Å². The van der Waals surface area contributed by atoms with Crippen molar-refractivity contribution < 1.29 is 51.2 Å². The van der Waals surface area contributed by atoms with Crippen molar-refractivity contribution in [1.82, 2.24) is 19.5 Å². The summed E-state index contributed by atoms with van der Waals surface area (Å²) in [6.45, 7) is -0.580. The van der Waals surface area contributed by atoms with Crippen LogP contribution in [0.1, 0.15) is 19.1 Å². The molecule has 0 amide bonds. The summed E-state index contributed by atoms with van der Waals surface area (Å²) in [4.78, 5) is 57.2. The average Bonchev–Trinajstić information content (AvgIpc) is 3.15. The number of nitrogens with zero attached hydrogens (tertiary/aromatic N) is 3. The zero-order chi connectivity index (χ0) is 22.3. The Hall–Kier alpha value is -1.48. The third kappa shape index (κ3) is 5.81. The number of nitrogens with two attached hydrogens (primary N) is 1. The minimum atomic E-state index is -5.59. The van der Waals surface area contributed by atoms with Gasteiger partial charge in [0, 0.05) is 0 Å². The smallest absolute Gasteiger partial charge is 0.383 e. The van der Waals surface area contributed by atoms with E-state index in [9.17, 15) is 23.4 Å². The van der Waals surface area contributed by atoms with Crippen LogP contribution in [0.25, 0.3) is 11.2 Å². The predicted molar refractivity (Wildman–Crippen MR) is 95.5 cm³/mol. The maximum absolute atomic E-state index is 11.7. The van der Waals surface area contributed by atoms with E-state index in [0.717, 1.165) is 0 Å². The Morgan fingerprint density at radius 2 is 1.90 bits per heavy atom. The molecule has 1 aliphatic rings. The van der Waals surface area contributed by atoms with E-state index >= 15 is 0 Å². The fourth-order valence-electron chi connectivity index (χ4n) is 2.66. The van der Waals surface area contributed by atoms with Gasteiger partial charge in [0.25, 0.3) is 0 Å². The van der Waals surface area contributed by atoms with Gasteiger partial charge in [-0.2, -0.15) is 13.6 Å². The van der Waals surface area contributed by atoms with E-state index in [4.69, 9.17) is 25.2 Å². The zero-order valence-corrected chi connectivity index (χ0v) is 17.4. The van der Waals surface area contributed by atoms with Crippen molar-refractivity contribution in [2.75, 3.05) is 12.3 Å². The number of imidazole rings is 1. The minimum Gasteiger partial charge on any atom is -0.383 e. The van der Waals surface area contributed by atoms with E-state index in [2.05, 4.69) is 28.1 Å². The molecule has 2 aromatic rings. The molecule has 0 saturated carbocycles. The van der Waals surface area contributed by atoms with Crippen molar-refractivity contribution in [2.45, 2.75) is 25.2 Å². The van der Waals surface area contributed by atoms with Gasteiger partial charge >= 0.3 is 29.2 Å². The number of anilines is 1. The number of aromatic amines is 1. The number of hydrogen-bond acceptors (Lipinski definition) is 11. The number of fused-ring (bicyclic) bond motifs is 1. The van der Waals surface area contributed by atoms with E-state index in [1.165, 1.54) is 10.9 Å². The lowest BCUT2D eigenvalue weighted by Crippen LogP contribution is -2.18.